The molecule has 1 saturated heterocycles. The standard InChI is InChI=1S/C9H17NO2.ClH/c1-3-4-7-5-8(9(11)12)10(2)6-7;/h7-8H,3-6H2,1-2H3,(H,11,12);1H. The maximum atomic E-state index is 10.7. The fraction of sp³-hybridized carbons (Fsp3) is 0.889. The molecule has 0 amide bonds. The summed E-state index contributed by atoms with van der Waals surface area (Å²) in [5, 5.41) is 8.83. The number of halogens is 1. The van der Waals surface area contributed by atoms with Crippen LogP contribution >= 0.6 is 12.4 Å². The van der Waals surface area contributed by atoms with E-state index in [2.05, 4.69) is 6.92 Å². The van der Waals surface area contributed by atoms with Crippen LogP contribution in [0.1, 0.15) is 26.2 Å². The van der Waals surface area contributed by atoms with Crippen molar-refractivity contribution in [2.75, 3.05) is 13.6 Å². The maximum Gasteiger partial charge on any atom is 0.320 e. The fourth-order valence-corrected chi connectivity index (χ4v) is 2.01. The van der Waals surface area contributed by atoms with Gasteiger partial charge in [0.1, 0.15) is 6.04 Å². The summed E-state index contributed by atoms with van der Waals surface area (Å²) in [5.74, 6) is -0.0720. The van der Waals surface area contributed by atoms with E-state index < -0.39 is 5.97 Å². The second-order valence-electron chi connectivity index (χ2n) is 3.68. The van der Waals surface area contributed by atoms with Gasteiger partial charge in [0, 0.05) is 6.54 Å². The van der Waals surface area contributed by atoms with Crippen LogP contribution in [0.3, 0.4) is 0 Å². The van der Waals surface area contributed by atoms with Gasteiger partial charge in [-0.25, -0.2) is 0 Å². The number of likely N-dealkylation sites (tertiary alicyclic amines) is 1. The Labute approximate surface area is 85.5 Å². The molecule has 1 aliphatic heterocycles. The Morgan fingerprint density at radius 3 is 2.62 bits per heavy atom. The van der Waals surface area contributed by atoms with Gasteiger partial charge in [0.05, 0.1) is 0 Å². The average molecular weight is 208 g/mol. The summed E-state index contributed by atoms with van der Waals surface area (Å²) in [6, 6.07) is -0.235. The SMILES string of the molecule is CCCC1CC(C(=O)O)N(C)C1.Cl. The third-order valence-corrected chi connectivity index (χ3v) is 2.62. The molecule has 0 aromatic carbocycles. The van der Waals surface area contributed by atoms with Crippen LogP contribution in [0.5, 0.6) is 0 Å². The Morgan fingerprint density at radius 1 is 1.62 bits per heavy atom. The predicted octanol–water partition coefficient (Wildman–Crippen LogP) is 1.61. The molecule has 2 unspecified atom stereocenters. The summed E-state index contributed by atoms with van der Waals surface area (Å²) >= 11 is 0. The number of carbonyl (C=O) groups is 1. The first-order valence-electron chi connectivity index (χ1n) is 4.58. The van der Waals surface area contributed by atoms with Crippen molar-refractivity contribution in [1.82, 2.24) is 4.90 Å². The van der Waals surface area contributed by atoms with Crippen LogP contribution in [0.15, 0.2) is 0 Å². The topological polar surface area (TPSA) is 40.5 Å². The van der Waals surface area contributed by atoms with Crippen LogP contribution in [0.25, 0.3) is 0 Å². The normalized spacial score (nSPS) is 28.5. The van der Waals surface area contributed by atoms with E-state index in [1.54, 1.807) is 0 Å². The third kappa shape index (κ3) is 3.16. The van der Waals surface area contributed by atoms with Crippen molar-refractivity contribution in [3.8, 4) is 0 Å². The van der Waals surface area contributed by atoms with E-state index in [4.69, 9.17) is 5.11 Å². The smallest absolute Gasteiger partial charge is 0.320 e. The average Bonchev–Trinajstić information content (AvgIpc) is 2.32. The van der Waals surface area contributed by atoms with E-state index in [1.807, 2.05) is 11.9 Å². The van der Waals surface area contributed by atoms with Crippen LogP contribution in [0.4, 0.5) is 0 Å². The second kappa shape index (κ2) is 5.45. The molecule has 0 aromatic rings. The molecule has 1 rings (SSSR count). The minimum atomic E-state index is -0.670. The van der Waals surface area contributed by atoms with Gasteiger partial charge in [0.2, 0.25) is 0 Å². The lowest BCUT2D eigenvalue weighted by atomic mass is 10.0. The van der Waals surface area contributed by atoms with E-state index in [1.165, 1.54) is 0 Å². The number of carboxylic acids is 1. The first-order valence-corrected chi connectivity index (χ1v) is 4.58. The van der Waals surface area contributed by atoms with Crippen LogP contribution in [0.2, 0.25) is 0 Å². The Balaban J connectivity index is 0.00000144. The van der Waals surface area contributed by atoms with Gasteiger partial charge in [-0.05, 0) is 25.8 Å². The van der Waals surface area contributed by atoms with E-state index in [9.17, 15) is 4.79 Å². The van der Waals surface area contributed by atoms with Crippen LogP contribution in [-0.2, 0) is 4.79 Å². The van der Waals surface area contributed by atoms with Crippen molar-refractivity contribution in [3.63, 3.8) is 0 Å². The first kappa shape index (κ1) is 12.7. The van der Waals surface area contributed by atoms with E-state index >= 15 is 0 Å². The Kier molecular flexibility index (Phi) is 5.33. The summed E-state index contributed by atoms with van der Waals surface area (Å²) in [5.41, 5.74) is 0. The number of hydrogen-bond donors (Lipinski definition) is 1. The van der Waals surface area contributed by atoms with Crippen molar-refractivity contribution in [3.05, 3.63) is 0 Å². The molecule has 78 valence electrons. The Hall–Kier alpha value is -0.280. The summed E-state index contributed by atoms with van der Waals surface area (Å²) in [7, 11) is 1.90. The molecule has 0 bridgehead atoms. The molecule has 0 saturated carbocycles. The molecule has 1 fully saturated rings. The molecule has 0 spiro atoms. The van der Waals surface area contributed by atoms with Gasteiger partial charge < -0.3 is 5.11 Å². The van der Waals surface area contributed by atoms with Gasteiger partial charge in [-0.2, -0.15) is 0 Å². The highest BCUT2D eigenvalue weighted by Gasteiger charge is 2.33. The Morgan fingerprint density at radius 2 is 2.23 bits per heavy atom. The quantitative estimate of drug-likeness (QED) is 0.765. The van der Waals surface area contributed by atoms with Gasteiger partial charge in [0.25, 0.3) is 0 Å². The monoisotopic (exact) mass is 207 g/mol. The number of carboxylic acid groups (broad SMARTS) is 1. The van der Waals surface area contributed by atoms with E-state index in [0.717, 1.165) is 25.8 Å². The number of likely N-dealkylation sites (N-methyl/N-ethyl adjacent to an activating group) is 1. The number of hydrogen-bond acceptors (Lipinski definition) is 2. The lowest BCUT2D eigenvalue weighted by Gasteiger charge is -2.13. The number of nitrogens with zero attached hydrogens (tertiary/aromatic N) is 1. The van der Waals surface area contributed by atoms with Gasteiger partial charge in [-0.3, -0.25) is 9.69 Å². The largest absolute Gasteiger partial charge is 0.480 e. The first-order chi connectivity index (χ1) is 5.65. The predicted molar refractivity (Wildman–Crippen MR) is 54.3 cm³/mol. The number of rotatable bonds is 3. The van der Waals surface area contributed by atoms with Crippen LogP contribution in [0, 0.1) is 5.92 Å². The highest BCUT2D eigenvalue weighted by Crippen LogP contribution is 2.25. The van der Waals surface area contributed by atoms with Crippen LogP contribution < -0.4 is 0 Å². The highest BCUT2D eigenvalue weighted by molar-refractivity contribution is 5.85. The molecule has 1 heterocycles. The minimum Gasteiger partial charge on any atom is -0.480 e. The third-order valence-electron chi connectivity index (χ3n) is 2.62. The molecule has 1 aliphatic rings. The molecule has 1 N–H and O–H groups in total. The van der Waals surface area contributed by atoms with Crippen molar-refractivity contribution in [2.45, 2.75) is 32.2 Å². The zero-order chi connectivity index (χ0) is 9.14. The highest BCUT2D eigenvalue weighted by atomic mass is 35.5. The van der Waals surface area contributed by atoms with Crippen molar-refractivity contribution < 1.29 is 9.90 Å². The lowest BCUT2D eigenvalue weighted by Crippen LogP contribution is -2.32. The van der Waals surface area contributed by atoms with E-state index in [0.29, 0.717) is 5.92 Å². The summed E-state index contributed by atoms with van der Waals surface area (Å²) in [6.45, 7) is 3.10. The second-order valence-corrected chi connectivity index (χ2v) is 3.68. The molecule has 0 radical (unpaired) electrons. The molecule has 4 heteroatoms. The summed E-state index contributed by atoms with van der Waals surface area (Å²) in [6.07, 6.45) is 3.15. The van der Waals surface area contributed by atoms with Crippen molar-refractivity contribution in [2.24, 2.45) is 5.92 Å². The molecule has 13 heavy (non-hydrogen) atoms. The molecule has 0 aromatic heterocycles. The molecule has 3 nitrogen and oxygen atoms in total. The lowest BCUT2D eigenvalue weighted by molar-refractivity contribution is -0.141. The van der Waals surface area contributed by atoms with Gasteiger partial charge in [0.15, 0.2) is 0 Å². The minimum absolute atomic E-state index is 0. The Bertz CT molecular complexity index is 175. The molecular weight excluding hydrogens is 190 g/mol. The van der Waals surface area contributed by atoms with E-state index in [-0.39, 0.29) is 18.4 Å². The van der Waals surface area contributed by atoms with Gasteiger partial charge >= 0.3 is 5.97 Å². The summed E-state index contributed by atoms with van der Waals surface area (Å²) in [4.78, 5) is 12.7. The summed E-state index contributed by atoms with van der Waals surface area (Å²) < 4.78 is 0. The van der Waals surface area contributed by atoms with Crippen molar-refractivity contribution >= 4 is 18.4 Å². The molecular formula is C9H18ClNO2. The number of aliphatic carboxylic acids is 1. The fourth-order valence-electron chi connectivity index (χ4n) is 2.01. The van der Waals surface area contributed by atoms with Crippen molar-refractivity contribution in [1.29, 1.82) is 0 Å². The maximum absolute atomic E-state index is 10.7. The van der Waals surface area contributed by atoms with Gasteiger partial charge in [-0.1, -0.05) is 13.3 Å². The zero-order valence-corrected chi connectivity index (χ0v) is 9.01. The molecule has 0 aliphatic carbocycles. The zero-order valence-electron chi connectivity index (χ0n) is 8.19. The van der Waals surface area contributed by atoms with Gasteiger partial charge in [-0.15, -0.1) is 12.4 Å². The van der Waals surface area contributed by atoms with Crippen LogP contribution in [-0.4, -0.2) is 35.6 Å². The molecule has 2 atom stereocenters.